The molecule has 0 radical (unpaired) electrons. The molecule has 1 heterocycles. The monoisotopic (exact) mass is 268 g/mol. The summed E-state index contributed by atoms with van der Waals surface area (Å²) in [5, 5.41) is 0. The molecule has 1 saturated heterocycles. The number of nitrogens with two attached hydrogens (primary N) is 1. The van der Waals surface area contributed by atoms with Crippen LogP contribution in [0.25, 0.3) is 0 Å². The van der Waals surface area contributed by atoms with Gasteiger partial charge in [0.05, 0.1) is 5.75 Å². The SMILES string of the molecule is CC1CN(S(=O)(=O)CCC2CC2)CC1N.Cl. The van der Waals surface area contributed by atoms with E-state index in [-0.39, 0.29) is 18.4 Å². The topological polar surface area (TPSA) is 63.4 Å². The van der Waals surface area contributed by atoms with Crippen molar-refractivity contribution in [3.05, 3.63) is 0 Å². The van der Waals surface area contributed by atoms with Gasteiger partial charge in [-0.1, -0.05) is 19.8 Å². The predicted octanol–water partition coefficient (Wildman–Crippen LogP) is 0.817. The summed E-state index contributed by atoms with van der Waals surface area (Å²) in [7, 11) is -3.03. The lowest BCUT2D eigenvalue weighted by molar-refractivity contribution is 0.461. The Hall–Kier alpha value is 0.160. The fraction of sp³-hybridized carbons (Fsp3) is 1.00. The molecule has 2 atom stereocenters. The van der Waals surface area contributed by atoms with Gasteiger partial charge in [0, 0.05) is 19.1 Å². The summed E-state index contributed by atoms with van der Waals surface area (Å²) in [5.74, 6) is 1.28. The smallest absolute Gasteiger partial charge is 0.214 e. The minimum Gasteiger partial charge on any atom is -0.326 e. The molecule has 1 aliphatic heterocycles. The average molecular weight is 269 g/mol. The van der Waals surface area contributed by atoms with Crippen molar-refractivity contribution in [1.29, 1.82) is 0 Å². The normalized spacial score (nSPS) is 31.4. The van der Waals surface area contributed by atoms with Gasteiger partial charge in [-0.05, 0) is 18.3 Å². The van der Waals surface area contributed by atoms with E-state index >= 15 is 0 Å². The van der Waals surface area contributed by atoms with Crippen LogP contribution in [0.3, 0.4) is 0 Å². The molecule has 0 spiro atoms. The minimum atomic E-state index is -3.03. The van der Waals surface area contributed by atoms with Crippen molar-refractivity contribution >= 4 is 22.4 Å². The molecule has 0 aromatic heterocycles. The first kappa shape index (κ1) is 14.2. The van der Waals surface area contributed by atoms with E-state index in [0.29, 0.717) is 30.7 Å². The molecule has 16 heavy (non-hydrogen) atoms. The molecule has 96 valence electrons. The predicted molar refractivity (Wildman–Crippen MR) is 67.1 cm³/mol. The van der Waals surface area contributed by atoms with Gasteiger partial charge in [-0.2, -0.15) is 0 Å². The highest BCUT2D eigenvalue weighted by Gasteiger charge is 2.35. The number of halogens is 1. The molecule has 2 unspecified atom stereocenters. The second kappa shape index (κ2) is 5.21. The highest BCUT2D eigenvalue weighted by Crippen LogP contribution is 2.33. The van der Waals surface area contributed by atoms with Crippen LogP contribution in [0.2, 0.25) is 0 Å². The number of hydrogen-bond acceptors (Lipinski definition) is 3. The number of rotatable bonds is 4. The molecule has 0 aromatic rings. The molecule has 2 N–H and O–H groups in total. The van der Waals surface area contributed by atoms with Crippen LogP contribution in [0, 0.1) is 11.8 Å². The first-order valence-corrected chi connectivity index (χ1v) is 7.33. The van der Waals surface area contributed by atoms with Gasteiger partial charge in [0.2, 0.25) is 10.0 Å². The van der Waals surface area contributed by atoms with Gasteiger partial charge in [-0.15, -0.1) is 12.4 Å². The van der Waals surface area contributed by atoms with Crippen LogP contribution < -0.4 is 5.73 Å². The third-order valence-electron chi connectivity index (χ3n) is 3.51. The van der Waals surface area contributed by atoms with Crippen molar-refractivity contribution in [3.63, 3.8) is 0 Å². The quantitative estimate of drug-likeness (QED) is 0.821. The Bertz CT molecular complexity index is 320. The molecular formula is C10H21ClN2O2S. The molecule has 2 aliphatic rings. The Morgan fingerprint density at radius 3 is 2.38 bits per heavy atom. The second-order valence-corrected chi connectivity index (χ2v) is 7.09. The fourth-order valence-corrected chi connectivity index (χ4v) is 3.78. The Morgan fingerprint density at radius 2 is 1.94 bits per heavy atom. The highest BCUT2D eigenvalue weighted by atomic mass is 35.5. The van der Waals surface area contributed by atoms with E-state index in [2.05, 4.69) is 0 Å². The average Bonchev–Trinajstić information content (AvgIpc) is 2.92. The fourth-order valence-electron chi connectivity index (χ4n) is 2.02. The number of hydrogen-bond donors (Lipinski definition) is 1. The van der Waals surface area contributed by atoms with Gasteiger partial charge in [0.15, 0.2) is 0 Å². The van der Waals surface area contributed by atoms with E-state index in [1.54, 1.807) is 4.31 Å². The van der Waals surface area contributed by atoms with E-state index in [1.165, 1.54) is 12.8 Å². The van der Waals surface area contributed by atoms with Crippen LogP contribution in [0.15, 0.2) is 0 Å². The van der Waals surface area contributed by atoms with E-state index in [0.717, 1.165) is 6.42 Å². The molecule has 0 amide bonds. The van der Waals surface area contributed by atoms with E-state index in [9.17, 15) is 8.42 Å². The molecule has 1 aliphatic carbocycles. The zero-order chi connectivity index (χ0) is 11.1. The summed E-state index contributed by atoms with van der Waals surface area (Å²) in [5.41, 5.74) is 5.83. The molecule has 0 bridgehead atoms. The zero-order valence-corrected chi connectivity index (χ0v) is 11.3. The van der Waals surface area contributed by atoms with Crippen molar-refractivity contribution in [3.8, 4) is 0 Å². The Labute approximate surface area is 104 Å². The van der Waals surface area contributed by atoms with Crippen LogP contribution in [-0.2, 0) is 10.0 Å². The number of sulfonamides is 1. The van der Waals surface area contributed by atoms with Gasteiger partial charge in [-0.3, -0.25) is 0 Å². The van der Waals surface area contributed by atoms with Crippen LogP contribution >= 0.6 is 12.4 Å². The maximum atomic E-state index is 11.9. The first-order chi connectivity index (χ1) is 6.99. The maximum Gasteiger partial charge on any atom is 0.214 e. The Balaban J connectivity index is 0.00000128. The highest BCUT2D eigenvalue weighted by molar-refractivity contribution is 7.89. The van der Waals surface area contributed by atoms with E-state index < -0.39 is 10.0 Å². The first-order valence-electron chi connectivity index (χ1n) is 5.72. The largest absolute Gasteiger partial charge is 0.326 e. The van der Waals surface area contributed by atoms with Crippen molar-refractivity contribution < 1.29 is 8.42 Å². The third-order valence-corrected chi connectivity index (χ3v) is 5.35. The minimum absolute atomic E-state index is 0. The van der Waals surface area contributed by atoms with Crippen molar-refractivity contribution in [2.45, 2.75) is 32.2 Å². The summed E-state index contributed by atoms with van der Waals surface area (Å²) in [6, 6.07) is 0.0145. The van der Waals surface area contributed by atoms with Gasteiger partial charge in [0.1, 0.15) is 0 Å². The third kappa shape index (κ3) is 3.32. The van der Waals surface area contributed by atoms with E-state index in [4.69, 9.17) is 5.73 Å². The molecule has 6 heteroatoms. The summed E-state index contributed by atoms with van der Waals surface area (Å²) in [6.07, 6.45) is 3.26. The van der Waals surface area contributed by atoms with Crippen molar-refractivity contribution in [2.75, 3.05) is 18.8 Å². The van der Waals surface area contributed by atoms with Crippen molar-refractivity contribution in [1.82, 2.24) is 4.31 Å². The molecule has 1 saturated carbocycles. The molecule has 0 aromatic carbocycles. The van der Waals surface area contributed by atoms with Gasteiger partial charge < -0.3 is 5.73 Å². The zero-order valence-electron chi connectivity index (χ0n) is 9.63. The summed E-state index contributed by atoms with van der Waals surface area (Å²) in [6.45, 7) is 3.13. The van der Waals surface area contributed by atoms with Gasteiger partial charge >= 0.3 is 0 Å². The van der Waals surface area contributed by atoms with Gasteiger partial charge in [-0.25, -0.2) is 12.7 Å². The van der Waals surface area contributed by atoms with Crippen molar-refractivity contribution in [2.24, 2.45) is 17.6 Å². The molecule has 4 nitrogen and oxygen atoms in total. The molecule has 2 fully saturated rings. The Kier molecular flexibility index (Phi) is 4.63. The number of nitrogens with zero attached hydrogens (tertiary/aromatic N) is 1. The molecule has 2 rings (SSSR count). The van der Waals surface area contributed by atoms with Gasteiger partial charge in [0.25, 0.3) is 0 Å². The van der Waals surface area contributed by atoms with Crippen LogP contribution in [-0.4, -0.2) is 37.6 Å². The lowest BCUT2D eigenvalue weighted by atomic mass is 10.1. The summed E-state index contributed by atoms with van der Waals surface area (Å²) in [4.78, 5) is 0. The van der Waals surface area contributed by atoms with Crippen LogP contribution in [0.1, 0.15) is 26.2 Å². The maximum absolute atomic E-state index is 11.9. The van der Waals surface area contributed by atoms with E-state index in [1.807, 2.05) is 6.92 Å². The second-order valence-electron chi connectivity index (χ2n) is 5.01. The summed E-state index contributed by atoms with van der Waals surface area (Å²) < 4.78 is 25.4. The Morgan fingerprint density at radius 1 is 1.31 bits per heavy atom. The molecular weight excluding hydrogens is 248 g/mol. The van der Waals surface area contributed by atoms with Crippen LogP contribution in [0.4, 0.5) is 0 Å². The lowest BCUT2D eigenvalue weighted by Crippen LogP contribution is -2.33. The van der Waals surface area contributed by atoms with Crippen LogP contribution in [0.5, 0.6) is 0 Å². The summed E-state index contributed by atoms with van der Waals surface area (Å²) >= 11 is 0. The lowest BCUT2D eigenvalue weighted by Gasteiger charge is -2.15. The standard InChI is InChI=1S/C10H20N2O2S.ClH/c1-8-6-12(7-10(8)11)15(13,14)5-4-9-2-3-9;/h8-10H,2-7,11H2,1H3;1H.